The third kappa shape index (κ3) is 3.47. The molecule has 0 fully saturated rings. The van der Waals surface area contributed by atoms with E-state index in [2.05, 4.69) is 17.6 Å². The minimum atomic E-state index is -0.0874. The molecule has 4 nitrogen and oxygen atoms in total. The van der Waals surface area contributed by atoms with Crippen LogP contribution >= 0.6 is 0 Å². The van der Waals surface area contributed by atoms with Gasteiger partial charge in [-0.25, -0.2) is 0 Å². The van der Waals surface area contributed by atoms with Gasteiger partial charge in [0.25, 0.3) is 5.91 Å². The van der Waals surface area contributed by atoms with Crippen LogP contribution < -0.4 is 15.4 Å². The Balaban J connectivity index is 1.86. The predicted molar refractivity (Wildman–Crippen MR) is 71.8 cm³/mol. The van der Waals surface area contributed by atoms with Crippen molar-refractivity contribution in [2.45, 2.75) is 32.7 Å². The standard InChI is InChI=1S/C14H20N2O2/c1-2-3-4-7-15-9-11-5-6-13-12(8-11)16-14(17)10-18-13/h5-6,8,15H,2-4,7,9-10H2,1H3,(H,16,17). The fraction of sp³-hybridized carbons (Fsp3) is 0.500. The lowest BCUT2D eigenvalue weighted by molar-refractivity contribution is -0.118. The van der Waals surface area contributed by atoms with Gasteiger partial charge in [-0.05, 0) is 30.7 Å². The van der Waals surface area contributed by atoms with Crippen LogP contribution in [0, 0.1) is 0 Å². The first-order valence-electron chi connectivity index (χ1n) is 6.56. The predicted octanol–water partition coefficient (Wildman–Crippen LogP) is 2.30. The van der Waals surface area contributed by atoms with Crippen molar-refractivity contribution in [2.75, 3.05) is 18.5 Å². The Kier molecular flexibility index (Phi) is 4.59. The van der Waals surface area contributed by atoms with Crippen LogP contribution in [0.1, 0.15) is 31.7 Å². The number of hydrogen-bond donors (Lipinski definition) is 2. The molecule has 0 saturated heterocycles. The number of amides is 1. The summed E-state index contributed by atoms with van der Waals surface area (Å²) in [6.07, 6.45) is 3.71. The number of unbranched alkanes of at least 4 members (excludes halogenated alkanes) is 2. The van der Waals surface area contributed by atoms with E-state index in [9.17, 15) is 4.79 Å². The van der Waals surface area contributed by atoms with Crippen LogP contribution in [-0.4, -0.2) is 19.1 Å². The second-order valence-corrected chi connectivity index (χ2v) is 4.55. The SMILES string of the molecule is CCCCCNCc1ccc2c(c1)NC(=O)CO2. The number of ether oxygens (including phenoxy) is 1. The highest BCUT2D eigenvalue weighted by molar-refractivity contribution is 5.95. The summed E-state index contributed by atoms with van der Waals surface area (Å²) >= 11 is 0. The van der Waals surface area contributed by atoms with Crippen molar-refractivity contribution in [1.29, 1.82) is 0 Å². The Morgan fingerprint density at radius 1 is 1.39 bits per heavy atom. The Labute approximate surface area is 108 Å². The average molecular weight is 248 g/mol. The zero-order valence-corrected chi connectivity index (χ0v) is 10.8. The van der Waals surface area contributed by atoms with E-state index in [0.29, 0.717) is 0 Å². The molecule has 1 amide bonds. The molecule has 0 radical (unpaired) electrons. The van der Waals surface area contributed by atoms with E-state index in [1.54, 1.807) is 0 Å². The van der Waals surface area contributed by atoms with Gasteiger partial charge in [-0.2, -0.15) is 0 Å². The van der Waals surface area contributed by atoms with E-state index in [1.165, 1.54) is 19.3 Å². The van der Waals surface area contributed by atoms with E-state index in [-0.39, 0.29) is 12.5 Å². The molecule has 0 saturated carbocycles. The van der Waals surface area contributed by atoms with Crippen molar-refractivity contribution >= 4 is 11.6 Å². The fourth-order valence-electron chi connectivity index (χ4n) is 1.97. The topological polar surface area (TPSA) is 50.4 Å². The summed E-state index contributed by atoms with van der Waals surface area (Å²) in [4.78, 5) is 11.2. The molecule has 0 bridgehead atoms. The minimum Gasteiger partial charge on any atom is -0.482 e. The Morgan fingerprint density at radius 2 is 2.28 bits per heavy atom. The molecule has 98 valence electrons. The first kappa shape index (κ1) is 12.9. The number of benzene rings is 1. The first-order chi connectivity index (χ1) is 8.79. The van der Waals surface area contributed by atoms with E-state index < -0.39 is 0 Å². The Morgan fingerprint density at radius 3 is 3.11 bits per heavy atom. The number of nitrogens with one attached hydrogen (secondary N) is 2. The monoisotopic (exact) mass is 248 g/mol. The molecule has 2 rings (SSSR count). The molecule has 0 spiro atoms. The first-order valence-corrected chi connectivity index (χ1v) is 6.56. The third-order valence-electron chi connectivity index (χ3n) is 2.96. The number of fused-ring (bicyclic) bond motifs is 1. The van der Waals surface area contributed by atoms with Crippen LogP contribution in [0.25, 0.3) is 0 Å². The number of anilines is 1. The van der Waals surface area contributed by atoms with Gasteiger partial charge in [-0.3, -0.25) is 4.79 Å². The largest absolute Gasteiger partial charge is 0.482 e. The van der Waals surface area contributed by atoms with Crippen molar-refractivity contribution in [3.05, 3.63) is 23.8 Å². The van der Waals surface area contributed by atoms with Gasteiger partial charge in [0.05, 0.1) is 5.69 Å². The smallest absolute Gasteiger partial charge is 0.262 e. The van der Waals surface area contributed by atoms with Gasteiger partial charge < -0.3 is 15.4 Å². The highest BCUT2D eigenvalue weighted by atomic mass is 16.5. The van der Waals surface area contributed by atoms with Crippen LogP contribution in [0.4, 0.5) is 5.69 Å². The molecule has 0 aliphatic carbocycles. The molecule has 1 aliphatic heterocycles. The Bertz CT molecular complexity index is 418. The van der Waals surface area contributed by atoms with E-state index in [1.807, 2.05) is 18.2 Å². The average Bonchev–Trinajstić information content (AvgIpc) is 2.38. The van der Waals surface area contributed by atoms with Crippen LogP contribution in [-0.2, 0) is 11.3 Å². The summed E-state index contributed by atoms with van der Waals surface area (Å²) in [5.41, 5.74) is 1.94. The summed E-state index contributed by atoms with van der Waals surface area (Å²) in [6, 6.07) is 5.92. The molecule has 0 aromatic heterocycles. The molecular weight excluding hydrogens is 228 g/mol. The summed E-state index contributed by atoms with van der Waals surface area (Å²) in [5, 5.41) is 6.22. The second-order valence-electron chi connectivity index (χ2n) is 4.55. The highest BCUT2D eigenvalue weighted by Gasteiger charge is 2.15. The van der Waals surface area contributed by atoms with Crippen LogP contribution in [0.3, 0.4) is 0 Å². The zero-order valence-electron chi connectivity index (χ0n) is 10.8. The van der Waals surface area contributed by atoms with Crippen molar-refractivity contribution < 1.29 is 9.53 Å². The summed E-state index contributed by atoms with van der Waals surface area (Å²) in [5.74, 6) is 0.667. The van der Waals surface area contributed by atoms with E-state index >= 15 is 0 Å². The maximum absolute atomic E-state index is 11.2. The molecule has 4 heteroatoms. The minimum absolute atomic E-state index is 0.0874. The normalized spacial score (nSPS) is 13.7. The lowest BCUT2D eigenvalue weighted by Gasteiger charge is -2.18. The van der Waals surface area contributed by atoms with Gasteiger partial charge in [0.15, 0.2) is 6.61 Å². The quantitative estimate of drug-likeness (QED) is 0.759. The van der Waals surface area contributed by atoms with E-state index in [4.69, 9.17) is 4.74 Å². The maximum atomic E-state index is 11.2. The molecule has 1 aromatic rings. The molecular formula is C14H20N2O2. The summed E-state index contributed by atoms with van der Waals surface area (Å²) < 4.78 is 5.32. The van der Waals surface area contributed by atoms with Gasteiger partial charge in [-0.1, -0.05) is 25.8 Å². The van der Waals surface area contributed by atoms with Crippen molar-refractivity contribution in [2.24, 2.45) is 0 Å². The fourth-order valence-corrected chi connectivity index (χ4v) is 1.97. The molecule has 1 aromatic carbocycles. The van der Waals surface area contributed by atoms with Crippen molar-refractivity contribution in [3.63, 3.8) is 0 Å². The van der Waals surface area contributed by atoms with Crippen LogP contribution in [0.2, 0.25) is 0 Å². The zero-order chi connectivity index (χ0) is 12.8. The third-order valence-corrected chi connectivity index (χ3v) is 2.96. The van der Waals surface area contributed by atoms with Crippen LogP contribution in [0.5, 0.6) is 5.75 Å². The van der Waals surface area contributed by atoms with Gasteiger partial charge in [0.2, 0.25) is 0 Å². The molecule has 0 atom stereocenters. The lowest BCUT2D eigenvalue weighted by Crippen LogP contribution is -2.25. The number of carbonyl (C=O) groups excluding carboxylic acids is 1. The molecule has 0 unspecified atom stereocenters. The number of hydrogen-bond acceptors (Lipinski definition) is 3. The maximum Gasteiger partial charge on any atom is 0.262 e. The van der Waals surface area contributed by atoms with Crippen molar-refractivity contribution in [1.82, 2.24) is 5.32 Å². The highest BCUT2D eigenvalue weighted by Crippen LogP contribution is 2.28. The second kappa shape index (κ2) is 6.40. The Hall–Kier alpha value is -1.55. The van der Waals surface area contributed by atoms with Gasteiger partial charge in [0.1, 0.15) is 5.75 Å². The molecule has 18 heavy (non-hydrogen) atoms. The lowest BCUT2D eigenvalue weighted by atomic mass is 10.1. The molecule has 1 heterocycles. The van der Waals surface area contributed by atoms with Gasteiger partial charge >= 0.3 is 0 Å². The molecule has 1 aliphatic rings. The number of carbonyl (C=O) groups is 1. The van der Waals surface area contributed by atoms with Crippen molar-refractivity contribution in [3.8, 4) is 5.75 Å². The van der Waals surface area contributed by atoms with Gasteiger partial charge in [-0.15, -0.1) is 0 Å². The summed E-state index contributed by atoms with van der Waals surface area (Å²) in [7, 11) is 0. The molecule has 2 N–H and O–H groups in total. The van der Waals surface area contributed by atoms with Crippen LogP contribution in [0.15, 0.2) is 18.2 Å². The summed E-state index contributed by atoms with van der Waals surface area (Å²) in [6.45, 7) is 4.18. The van der Waals surface area contributed by atoms with E-state index in [0.717, 1.165) is 30.1 Å². The number of rotatable bonds is 6. The van der Waals surface area contributed by atoms with Gasteiger partial charge in [0, 0.05) is 6.54 Å².